The van der Waals surface area contributed by atoms with Crippen LogP contribution >= 0.6 is 0 Å². The molecular weight excluding hydrogens is 384 g/mol. The first-order valence-electron chi connectivity index (χ1n) is 9.43. The lowest BCUT2D eigenvalue weighted by atomic mass is 10.0. The van der Waals surface area contributed by atoms with Crippen molar-refractivity contribution in [3.8, 4) is 0 Å². The van der Waals surface area contributed by atoms with Crippen LogP contribution in [0.2, 0.25) is 0 Å². The zero-order valence-electron chi connectivity index (χ0n) is 16.4. The molecule has 0 unspecified atom stereocenters. The van der Waals surface area contributed by atoms with Gasteiger partial charge in [0.05, 0.1) is 16.6 Å². The molecule has 0 fully saturated rings. The quantitative estimate of drug-likeness (QED) is 0.630. The van der Waals surface area contributed by atoms with Crippen LogP contribution in [-0.4, -0.2) is 21.4 Å². The van der Waals surface area contributed by atoms with Crippen LogP contribution in [0.5, 0.6) is 0 Å². The van der Waals surface area contributed by atoms with E-state index in [9.17, 15) is 13.2 Å². The zero-order valence-corrected chi connectivity index (χ0v) is 17.3. The van der Waals surface area contributed by atoms with Gasteiger partial charge in [-0.25, -0.2) is 8.42 Å². The Hall–Kier alpha value is -3.12. The van der Waals surface area contributed by atoms with Gasteiger partial charge >= 0.3 is 0 Å². The predicted octanol–water partition coefficient (Wildman–Crippen LogP) is 4.39. The van der Waals surface area contributed by atoms with E-state index in [-0.39, 0.29) is 16.8 Å². The molecule has 0 aliphatic heterocycles. The van der Waals surface area contributed by atoms with Crippen molar-refractivity contribution in [3.05, 3.63) is 96.1 Å². The van der Waals surface area contributed by atoms with Crippen LogP contribution in [0.15, 0.2) is 89.8 Å². The highest BCUT2D eigenvalue weighted by molar-refractivity contribution is 7.92. The average molecular weight is 409 g/mol. The normalized spacial score (nSPS) is 12.2. The Balaban J connectivity index is 1.84. The number of hydrogen-bond donors (Lipinski definition) is 1. The van der Waals surface area contributed by atoms with Gasteiger partial charge in [-0.05, 0) is 42.3 Å². The van der Waals surface area contributed by atoms with Crippen LogP contribution < -0.4 is 9.62 Å². The highest BCUT2D eigenvalue weighted by atomic mass is 32.2. The topological polar surface area (TPSA) is 66.5 Å². The van der Waals surface area contributed by atoms with E-state index in [1.165, 1.54) is 23.5 Å². The highest BCUT2D eigenvalue weighted by Crippen LogP contribution is 2.23. The number of hydrogen-bond acceptors (Lipinski definition) is 3. The van der Waals surface area contributed by atoms with Gasteiger partial charge in [-0.15, -0.1) is 0 Å². The van der Waals surface area contributed by atoms with Gasteiger partial charge in [-0.2, -0.15) is 0 Å². The Kier molecular flexibility index (Phi) is 6.34. The van der Waals surface area contributed by atoms with E-state index >= 15 is 0 Å². The summed E-state index contributed by atoms with van der Waals surface area (Å²) in [6, 6.07) is 24.5. The van der Waals surface area contributed by atoms with E-state index in [0.717, 1.165) is 12.0 Å². The first kappa shape index (κ1) is 20.6. The Morgan fingerprint density at radius 1 is 0.931 bits per heavy atom. The van der Waals surface area contributed by atoms with Crippen LogP contribution in [-0.2, 0) is 10.0 Å². The molecule has 3 aromatic carbocycles. The maximum absolute atomic E-state index is 13.0. The Labute approximate surface area is 172 Å². The number of sulfonamides is 1. The van der Waals surface area contributed by atoms with Gasteiger partial charge in [0.25, 0.3) is 15.9 Å². The number of rotatable bonds is 7. The number of nitrogens with zero attached hydrogens (tertiary/aromatic N) is 1. The van der Waals surface area contributed by atoms with Gasteiger partial charge < -0.3 is 5.32 Å². The second kappa shape index (κ2) is 8.92. The maximum Gasteiger partial charge on any atom is 0.264 e. The number of anilines is 1. The molecule has 0 aliphatic carbocycles. The molecule has 1 amide bonds. The van der Waals surface area contributed by atoms with Crippen LogP contribution in [0.4, 0.5) is 5.69 Å². The molecule has 150 valence electrons. The summed E-state index contributed by atoms with van der Waals surface area (Å²) in [5, 5.41) is 2.99. The van der Waals surface area contributed by atoms with Gasteiger partial charge in [-0.1, -0.05) is 61.5 Å². The summed E-state index contributed by atoms with van der Waals surface area (Å²) in [6.45, 7) is 1.99. The number of amides is 1. The van der Waals surface area contributed by atoms with Gasteiger partial charge in [-0.3, -0.25) is 9.10 Å². The smallest absolute Gasteiger partial charge is 0.264 e. The summed E-state index contributed by atoms with van der Waals surface area (Å²) in [5.74, 6) is -0.305. The van der Waals surface area contributed by atoms with Crippen LogP contribution in [0.25, 0.3) is 0 Å². The minimum atomic E-state index is -3.78. The van der Waals surface area contributed by atoms with Gasteiger partial charge in [0.1, 0.15) is 0 Å². The maximum atomic E-state index is 13.0. The molecule has 0 radical (unpaired) electrons. The monoisotopic (exact) mass is 408 g/mol. The summed E-state index contributed by atoms with van der Waals surface area (Å²) < 4.78 is 27.2. The van der Waals surface area contributed by atoms with E-state index in [1.807, 2.05) is 43.3 Å². The lowest BCUT2D eigenvalue weighted by molar-refractivity contribution is 0.0935. The largest absolute Gasteiger partial charge is 0.345 e. The second-order valence-electron chi connectivity index (χ2n) is 6.68. The SMILES string of the molecule is CC[C@@H](NC(=O)c1cccc(S(=O)(=O)N(C)c2ccccc2)c1)c1ccccc1. The lowest BCUT2D eigenvalue weighted by Gasteiger charge is -2.20. The minimum absolute atomic E-state index is 0.0734. The number of benzene rings is 3. The molecule has 1 N–H and O–H groups in total. The van der Waals surface area contributed by atoms with E-state index in [2.05, 4.69) is 5.32 Å². The summed E-state index contributed by atoms with van der Waals surface area (Å²) in [6.07, 6.45) is 0.727. The van der Waals surface area contributed by atoms with Crippen molar-refractivity contribution < 1.29 is 13.2 Å². The Bertz CT molecular complexity index is 1070. The van der Waals surface area contributed by atoms with Crippen LogP contribution in [0.3, 0.4) is 0 Å². The molecule has 29 heavy (non-hydrogen) atoms. The summed E-state index contributed by atoms with van der Waals surface area (Å²) in [5.41, 5.74) is 1.87. The minimum Gasteiger partial charge on any atom is -0.345 e. The Morgan fingerprint density at radius 3 is 2.17 bits per heavy atom. The fraction of sp³-hybridized carbons (Fsp3) is 0.174. The summed E-state index contributed by atoms with van der Waals surface area (Å²) in [4.78, 5) is 12.9. The van der Waals surface area contributed by atoms with Crippen molar-refractivity contribution in [1.82, 2.24) is 5.32 Å². The van der Waals surface area contributed by atoms with Gasteiger partial charge in [0.2, 0.25) is 0 Å². The number of nitrogens with one attached hydrogen (secondary N) is 1. The van der Waals surface area contributed by atoms with Gasteiger partial charge in [0, 0.05) is 12.6 Å². The fourth-order valence-corrected chi connectivity index (χ4v) is 4.32. The number of carbonyl (C=O) groups excluding carboxylic acids is 1. The number of carbonyl (C=O) groups is 1. The molecule has 0 heterocycles. The molecule has 1 atom stereocenters. The van der Waals surface area contributed by atoms with E-state index in [0.29, 0.717) is 11.3 Å². The molecule has 0 aromatic heterocycles. The van der Waals surface area contributed by atoms with Crippen molar-refractivity contribution in [3.63, 3.8) is 0 Å². The lowest BCUT2D eigenvalue weighted by Crippen LogP contribution is -2.29. The van der Waals surface area contributed by atoms with Crippen molar-refractivity contribution in [2.45, 2.75) is 24.3 Å². The van der Waals surface area contributed by atoms with Crippen molar-refractivity contribution in [2.24, 2.45) is 0 Å². The molecule has 5 nitrogen and oxygen atoms in total. The first-order chi connectivity index (χ1) is 13.9. The third-order valence-electron chi connectivity index (χ3n) is 4.79. The average Bonchev–Trinajstić information content (AvgIpc) is 2.78. The third-order valence-corrected chi connectivity index (χ3v) is 6.57. The van der Waals surface area contributed by atoms with Crippen LogP contribution in [0.1, 0.15) is 35.3 Å². The molecule has 3 aromatic rings. The molecule has 3 rings (SSSR count). The summed E-state index contributed by atoms with van der Waals surface area (Å²) >= 11 is 0. The molecule has 0 aliphatic rings. The van der Waals surface area contributed by atoms with E-state index in [4.69, 9.17) is 0 Å². The molecule has 0 saturated carbocycles. The predicted molar refractivity (Wildman–Crippen MR) is 115 cm³/mol. The third kappa shape index (κ3) is 4.66. The van der Waals surface area contributed by atoms with Crippen molar-refractivity contribution in [2.75, 3.05) is 11.4 Å². The second-order valence-corrected chi connectivity index (χ2v) is 8.65. The summed E-state index contributed by atoms with van der Waals surface area (Å²) in [7, 11) is -2.28. The molecular formula is C23H24N2O3S. The standard InChI is InChI=1S/C23H24N2O3S/c1-3-22(18-11-6-4-7-12-18)24-23(26)19-13-10-16-21(17-19)29(27,28)25(2)20-14-8-5-9-15-20/h4-17,22H,3H2,1-2H3,(H,24,26)/t22-/m1/s1. The zero-order chi connectivity index (χ0) is 20.9. The fourth-order valence-electron chi connectivity index (χ4n) is 3.08. The first-order valence-corrected chi connectivity index (χ1v) is 10.9. The van der Waals surface area contributed by atoms with E-state index < -0.39 is 10.0 Å². The van der Waals surface area contributed by atoms with E-state index in [1.54, 1.807) is 36.4 Å². The van der Waals surface area contributed by atoms with Gasteiger partial charge in [0.15, 0.2) is 0 Å². The molecule has 6 heteroatoms. The molecule has 0 saturated heterocycles. The Morgan fingerprint density at radius 2 is 1.55 bits per heavy atom. The molecule has 0 spiro atoms. The van der Waals surface area contributed by atoms with Crippen molar-refractivity contribution >= 4 is 21.6 Å². The number of para-hydroxylation sites is 1. The highest BCUT2D eigenvalue weighted by Gasteiger charge is 2.23. The van der Waals surface area contributed by atoms with Crippen molar-refractivity contribution in [1.29, 1.82) is 0 Å². The molecule has 0 bridgehead atoms. The van der Waals surface area contributed by atoms with Crippen LogP contribution in [0, 0.1) is 0 Å².